The molecule has 22 heavy (non-hydrogen) atoms. The highest BCUT2D eigenvalue weighted by molar-refractivity contribution is 5.81. The summed E-state index contributed by atoms with van der Waals surface area (Å²) in [6, 6.07) is 9.29. The van der Waals surface area contributed by atoms with Crippen molar-refractivity contribution in [1.82, 2.24) is 21.0 Å². The predicted molar refractivity (Wildman–Crippen MR) is 84.1 cm³/mol. The van der Waals surface area contributed by atoms with Gasteiger partial charge in [-0.1, -0.05) is 6.07 Å². The maximum atomic E-state index is 10.3. The Hall–Kier alpha value is -2.60. The van der Waals surface area contributed by atoms with Crippen LogP contribution >= 0.6 is 0 Å². The fraction of sp³-hybridized carbons (Fsp3) is 0.250. The molecule has 1 aromatic carbocycles. The quantitative estimate of drug-likeness (QED) is 0.775. The number of phenolic OH excluding ortho intramolecular Hbond substituents is 1. The highest BCUT2D eigenvalue weighted by atomic mass is 16.3. The summed E-state index contributed by atoms with van der Waals surface area (Å²) in [4.78, 5) is 2.27. The Balaban J connectivity index is 1.75. The van der Waals surface area contributed by atoms with E-state index in [4.69, 9.17) is 0 Å². The van der Waals surface area contributed by atoms with Crippen molar-refractivity contribution in [3.63, 3.8) is 0 Å². The molecule has 1 fully saturated rings. The summed E-state index contributed by atoms with van der Waals surface area (Å²) >= 11 is 0. The molecule has 6 heteroatoms. The number of fused-ring (bicyclic) bond motifs is 1. The van der Waals surface area contributed by atoms with Crippen molar-refractivity contribution in [3.05, 3.63) is 48.3 Å². The zero-order chi connectivity index (χ0) is 14.9. The van der Waals surface area contributed by atoms with Crippen molar-refractivity contribution in [1.29, 1.82) is 0 Å². The summed E-state index contributed by atoms with van der Waals surface area (Å²) in [5, 5.41) is 18.4. The largest absolute Gasteiger partial charge is 0.507 e. The molecule has 0 radical (unpaired) electrons. The van der Waals surface area contributed by atoms with E-state index in [0.29, 0.717) is 11.6 Å². The Morgan fingerprint density at radius 3 is 3.05 bits per heavy atom. The summed E-state index contributed by atoms with van der Waals surface area (Å²) in [6.45, 7) is 2.63. The van der Waals surface area contributed by atoms with Crippen molar-refractivity contribution in [2.45, 2.75) is 0 Å². The first kappa shape index (κ1) is 13.1. The molecule has 6 nitrogen and oxygen atoms in total. The molecule has 3 heterocycles. The zero-order valence-electron chi connectivity index (χ0n) is 12.0. The Morgan fingerprint density at radius 1 is 1.23 bits per heavy atom. The number of aromatic nitrogens is 2. The first-order chi connectivity index (χ1) is 10.8. The molecule has 2 aromatic rings. The van der Waals surface area contributed by atoms with Gasteiger partial charge in [0.05, 0.1) is 16.9 Å². The van der Waals surface area contributed by atoms with Gasteiger partial charge in [-0.3, -0.25) is 0 Å². The van der Waals surface area contributed by atoms with Crippen LogP contribution in [0.1, 0.15) is 0 Å². The van der Waals surface area contributed by atoms with Crippen LogP contribution in [0.2, 0.25) is 0 Å². The molecule has 1 unspecified atom stereocenters. The van der Waals surface area contributed by atoms with E-state index < -0.39 is 0 Å². The molecule has 0 spiro atoms. The van der Waals surface area contributed by atoms with Gasteiger partial charge in [-0.25, -0.2) is 5.43 Å². The van der Waals surface area contributed by atoms with E-state index in [1.807, 2.05) is 24.3 Å². The van der Waals surface area contributed by atoms with Gasteiger partial charge in [0.2, 0.25) is 0 Å². The van der Waals surface area contributed by atoms with Gasteiger partial charge in [0.25, 0.3) is 0 Å². The van der Waals surface area contributed by atoms with E-state index in [2.05, 4.69) is 32.0 Å². The zero-order valence-corrected chi connectivity index (χ0v) is 12.0. The average molecular weight is 295 g/mol. The molecule has 1 atom stereocenters. The highest BCUT2D eigenvalue weighted by Gasteiger charge is 2.28. The lowest BCUT2D eigenvalue weighted by molar-refractivity contribution is 0.476. The molecule has 2 aliphatic rings. The Morgan fingerprint density at radius 2 is 2.18 bits per heavy atom. The van der Waals surface area contributed by atoms with Gasteiger partial charge in [-0.2, -0.15) is 10.2 Å². The van der Waals surface area contributed by atoms with Crippen LogP contribution in [0.4, 0.5) is 5.69 Å². The van der Waals surface area contributed by atoms with Crippen LogP contribution in [-0.4, -0.2) is 34.9 Å². The minimum absolute atomic E-state index is 0.232. The molecule has 1 saturated heterocycles. The minimum atomic E-state index is 0.232. The van der Waals surface area contributed by atoms with E-state index in [0.717, 1.165) is 30.9 Å². The van der Waals surface area contributed by atoms with Gasteiger partial charge in [-0.15, -0.1) is 0 Å². The van der Waals surface area contributed by atoms with Crippen molar-refractivity contribution in [3.8, 4) is 17.0 Å². The van der Waals surface area contributed by atoms with Crippen LogP contribution in [0.5, 0.6) is 5.75 Å². The summed E-state index contributed by atoms with van der Waals surface area (Å²) < 4.78 is 0. The second-order valence-corrected chi connectivity index (χ2v) is 5.55. The number of hydrogen-bond donors (Lipinski definition) is 3. The lowest BCUT2D eigenvalue weighted by atomic mass is 10.00. The topological polar surface area (TPSA) is 73.3 Å². The maximum Gasteiger partial charge on any atom is 0.127 e. The van der Waals surface area contributed by atoms with Crippen LogP contribution in [0, 0.1) is 5.92 Å². The van der Waals surface area contributed by atoms with Crippen molar-refractivity contribution >= 4 is 5.69 Å². The monoisotopic (exact) mass is 295 g/mol. The molecule has 3 N–H and O–H groups in total. The second-order valence-electron chi connectivity index (χ2n) is 5.55. The molecular formula is C16H17N5O. The Labute approximate surface area is 128 Å². The lowest BCUT2D eigenvalue weighted by Gasteiger charge is -2.32. The fourth-order valence-electron chi connectivity index (χ4n) is 3.10. The third-order valence-electron chi connectivity index (χ3n) is 4.18. The first-order valence-corrected chi connectivity index (χ1v) is 7.37. The number of phenols is 1. The summed E-state index contributed by atoms with van der Waals surface area (Å²) in [5.74, 6) is 0.682. The molecule has 4 rings (SSSR count). The third kappa shape index (κ3) is 2.17. The van der Waals surface area contributed by atoms with E-state index in [1.165, 1.54) is 5.70 Å². The van der Waals surface area contributed by atoms with Gasteiger partial charge < -0.3 is 15.4 Å². The summed E-state index contributed by atoms with van der Waals surface area (Å²) in [5.41, 5.74) is 10.1. The molecule has 1 aromatic heterocycles. The van der Waals surface area contributed by atoms with Gasteiger partial charge in [0.1, 0.15) is 5.75 Å². The van der Waals surface area contributed by atoms with Crippen LogP contribution in [0.3, 0.4) is 0 Å². The molecule has 0 aliphatic carbocycles. The maximum absolute atomic E-state index is 10.3. The molecule has 2 aliphatic heterocycles. The Bertz CT molecular complexity index is 716. The van der Waals surface area contributed by atoms with Crippen LogP contribution in [-0.2, 0) is 0 Å². The van der Waals surface area contributed by atoms with E-state index in [-0.39, 0.29) is 5.75 Å². The number of hydrazine groups is 1. The standard InChI is InChI=1S/C16H17N5O/c22-15-5-1-4-14(16(15)13-3-2-7-17-20-13)21-8-6-12-11(10-21)9-18-19-12/h1-7,11,18-19,22H,8-10H2. The van der Waals surface area contributed by atoms with Crippen LogP contribution in [0.25, 0.3) is 11.3 Å². The third-order valence-corrected chi connectivity index (χ3v) is 4.18. The molecule has 0 amide bonds. The Kier molecular flexibility index (Phi) is 3.16. The van der Waals surface area contributed by atoms with Gasteiger partial charge in [-0.05, 0) is 30.3 Å². The number of aromatic hydroxyl groups is 1. The van der Waals surface area contributed by atoms with Crippen LogP contribution < -0.4 is 15.8 Å². The molecule has 112 valence electrons. The van der Waals surface area contributed by atoms with Crippen molar-refractivity contribution in [2.24, 2.45) is 5.92 Å². The number of anilines is 1. The number of hydrogen-bond acceptors (Lipinski definition) is 6. The summed E-state index contributed by atoms with van der Waals surface area (Å²) in [7, 11) is 0. The number of nitrogens with one attached hydrogen (secondary N) is 2. The first-order valence-electron chi connectivity index (χ1n) is 7.37. The van der Waals surface area contributed by atoms with E-state index >= 15 is 0 Å². The highest BCUT2D eigenvalue weighted by Crippen LogP contribution is 2.38. The summed E-state index contributed by atoms with van der Waals surface area (Å²) in [6.07, 6.45) is 3.83. The van der Waals surface area contributed by atoms with Crippen molar-refractivity contribution < 1.29 is 5.11 Å². The van der Waals surface area contributed by atoms with E-state index in [9.17, 15) is 5.11 Å². The predicted octanol–water partition coefficient (Wildman–Crippen LogP) is 1.28. The number of rotatable bonds is 2. The van der Waals surface area contributed by atoms with Crippen molar-refractivity contribution in [2.75, 3.05) is 24.5 Å². The number of nitrogens with zero attached hydrogens (tertiary/aromatic N) is 3. The normalized spacial score (nSPS) is 20.3. The SMILES string of the molecule is Oc1cccc(N2CC=C3NNCC3C2)c1-c1cccnn1. The number of benzene rings is 1. The molecule has 0 bridgehead atoms. The minimum Gasteiger partial charge on any atom is -0.507 e. The fourth-order valence-corrected chi connectivity index (χ4v) is 3.10. The molecule has 0 saturated carbocycles. The second kappa shape index (κ2) is 5.31. The average Bonchev–Trinajstić information content (AvgIpc) is 3.03. The van der Waals surface area contributed by atoms with Gasteiger partial charge in [0.15, 0.2) is 0 Å². The van der Waals surface area contributed by atoms with Gasteiger partial charge in [0, 0.05) is 37.4 Å². The molecular weight excluding hydrogens is 278 g/mol. The lowest BCUT2D eigenvalue weighted by Crippen LogP contribution is -2.35. The van der Waals surface area contributed by atoms with Gasteiger partial charge >= 0.3 is 0 Å². The smallest absolute Gasteiger partial charge is 0.127 e. The van der Waals surface area contributed by atoms with E-state index in [1.54, 1.807) is 12.3 Å². The van der Waals surface area contributed by atoms with Crippen LogP contribution in [0.15, 0.2) is 48.3 Å².